The number of benzene rings is 1. The zero-order valence-corrected chi connectivity index (χ0v) is 15.0. The Bertz CT molecular complexity index is 1050. The number of primary amides is 1. The van der Waals surface area contributed by atoms with E-state index < -0.39 is 23.5 Å². The Balaban J connectivity index is 1.81. The van der Waals surface area contributed by atoms with Crippen LogP contribution in [0.5, 0.6) is 0 Å². The summed E-state index contributed by atoms with van der Waals surface area (Å²) in [6, 6.07) is 7.70. The number of anilines is 1. The zero-order valence-electron chi connectivity index (χ0n) is 15.0. The highest BCUT2D eigenvalue weighted by Crippen LogP contribution is 2.19. The normalized spacial score (nSPS) is 10.6. The van der Waals surface area contributed by atoms with Gasteiger partial charge < -0.3 is 16.2 Å². The lowest BCUT2D eigenvalue weighted by molar-refractivity contribution is 0.0696. The Morgan fingerprint density at radius 1 is 1.00 bits per heavy atom. The Kier molecular flexibility index (Phi) is 5.77. The first-order valence-electron chi connectivity index (χ1n) is 8.47. The molecule has 2 aromatic heterocycles. The number of carboxylic acid groups (broad SMARTS) is 1. The van der Waals surface area contributed by atoms with Crippen molar-refractivity contribution in [1.29, 1.82) is 0 Å². The molecule has 4 N–H and O–H groups in total. The van der Waals surface area contributed by atoms with E-state index in [9.17, 15) is 18.4 Å². The number of rotatable bonds is 7. The Hall–Kier alpha value is -3.88. The molecule has 0 fully saturated rings. The number of carbonyl (C=O) groups is 2. The van der Waals surface area contributed by atoms with Gasteiger partial charge in [-0.05, 0) is 35.9 Å². The van der Waals surface area contributed by atoms with Crippen molar-refractivity contribution in [2.24, 2.45) is 5.73 Å². The van der Waals surface area contributed by atoms with Crippen LogP contribution in [0, 0.1) is 11.6 Å². The van der Waals surface area contributed by atoms with Crippen LogP contribution in [-0.2, 0) is 13.0 Å². The fourth-order valence-electron chi connectivity index (χ4n) is 2.69. The van der Waals surface area contributed by atoms with Gasteiger partial charge in [0, 0.05) is 42.8 Å². The molecule has 0 saturated heterocycles. The number of halogens is 2. The zero-order chi connectivity index (χ0) is 21.0. The van der Waals surface area contributed by atoms with Gasteiger partial charge in [0.2, 0.25) is 0 Å². The minimum absolute atomic E-state index is 0.0595. The molecule has 2 heterocycles. The minimum atomic E-state index is -1.08. The summed E-state index contributed by atoms with van der Waals surface area (Å²) in [5, 5.41) is 11.9. The van der Waals surface area contributed by atoms with E-state index in [1.54, 1.807) is 12.1 Å². The molecule has 9 heteroatoms. The quantitative estimate of drug-likeness (QED) is 0.563. The van der Waals surface area contributed by atoms with Crippen LogP contribution in [0.1, 0.15) is 37.7 Å². The maximum absolute atomic E-state index is 13.4. The fraction of sp³-hybridized carbons (Fsp3) is 0.100. The summed E-state index contributed by atoms with van der Waals surface area (Å²) in [5.74, 6) is -3.19. The maximum Gasteiger partial charge on any atom is 0.337 e. The van der Waals surface area contributed by atoms with Gasteiger partial charge in [-0.25, -0.2) is 13.6 Å². The standard InChI is InChI=1S/C20H16F2N4O3/c21-13-3-11(4-14(22)5-13)8-26-18-7-16(25-10-17(18)19(23)27)6-15-2-1-12(9-24-15)20(28)29/h1-5,7,9-10H,6,8H2,(H2,23,27)(H,25,26)(H,28,29). The summed E-state index contributed by atoms with van der Waals surface area (Å²) in [5.41, 5.74) is 7.38. The number of aromatic carboxylic acids is 1. The molecule has 0 saturated carbocycles. The lowest BCUT2D eigenvalue weighted by Gasteiger charge is -2.12. The van der Waals surface area contributed by atoms with Crippen molar-refractivity contribution in [3.63, 3.8) is 0 Å². The molecule has 0 atom stereocenters. The molecule has 148 valence electrons. The summed E-state index contributed by atoms with van der Waals surface area (Å²) >= 11 is 0. The molecule has 0 aliphatic rings. The van der Waals surface area contributed by atoms with Gasteiger partial charge in [-0.3, -0.25) is 14.8 Å². The summed E-state index contributed by atoms with van der Waals surface area (Å²) in [7, 11) is 0. The molecule has 0 spiro atoms. The van der Waals surface area contributed by atoms with E-state index >= 15 is 0 Å². The number of carbonyl (C=O) groups excluding carboxylic acids is 1. The first-order chi connectivity index (χ1) is 13.8. The summed E-state index contributed by atoms with van der Waals surface area (Å²) in [6.45, 7) is 0.0595. The van der Waals surface area contributed by atoms with Crippen LogP contribution < -0.4 is 11.1 Å². The molecular formula is C20H16F2N4O3. The van der Waals surface area contributed by atoms with Crippen LogP contribution in [0.15, 0.2) is 48.8 Å². The van der Waals surface area contributed by atoms with E-state index in [-0.39, 0.29) is 24.1 Å². The molecule has 3 aromatic rings. The third kappa shape index (κ3) is 5.10. The van der Waals surface area contributed by atoms with E-state index in [4.69, 9.17) is 10.8 Å². The molecule has 7 nitrogen and oxygen atoms in total. The van der Waals surface area contributed by atoms with Crippen molar-refractivity contribution in [3.8, 4) is 0 Å². The molecule has 3 rings (SSSR count). The highest BCUT2D eigenvalue weighted by molar-refractivity contribution is 5.98. The maximum atomic E-state index is 13.4. The minimum Gasteiger partial charge on any atom is -0.478 e. The van der Waals surface area contributed by atoms with Crippen LogP contribution in [-0.4, -0.2) is 27.0 Å². The second-order valence-corrected chi connectivity index (χ2v) is 6.24. The van der Waals surface area contributed by atoms with Gasteiger partial charge in [0.15, 0.2) is 0 Å². The predicted octanol–water partition coefficient (Wildman–Crippen LogP) is 2.75. The van der Waals surface area contributed by atoms with E-state index in [2.05, 4.69) is 15.3 Å². The lowest BCUT2D eigenvalue weighted by Crippen LogP contribution is -2.15. The van der Waals surface area contributed by atoms with E-state index in [1.165, 1.54) is 30.6 Å². The Morgan fingerprint density at radius 2 is 1.69 bits per heavy atom. The van der Waals surface area contributed by atoms with Crippen LogP contribution in [0.2, 0.25) is 0 Å². The van der Waals surface area contributed by atoms with E-state index in [0.717, 1.165) is 6.07 Å². The molecule has 0 aliphatic heterocycles. The smallest absolute Gasteiger partial charge is 0.337 e. The van der Waals surface area contributed by atoms with E-state index in [1.807, 2.05) is 0 Å². The number of hydrogen-bond acceptors (Lipinski definition) is 5. The third-order valence-electron chi connectivity index (χ3n) is 4.07. The number of pyridine rings is 2. The molecule has 0 bridgehead atoms. The number of nitrogens with one attached hydrogen (secondary N) is 1. The number of amides is 1. The molecule has 0 unspecified atom stereocenters. The molecule has 0 aliphatic carbocycles. The average molecular weight is 398 g/mol. The van der Waals surface area contributed by atoms with Gasteiger partial charge in [-0.15, -0.1) is 0 Å². The molecule has 1 aromatic carbocycles. The van der Waals surface area contributed by atoms with Crippen LogP contribution in [0.25, 0.3) is 0 Å². The first kappa shape index (κ1) is 19.9. The predicted molar refractivity (Wildman–Crippen MR) is 100 cm³/mol. The highest BCUT2D eigenvalue weighted by atomic mass is 19.1. The van der Waals surface area contributed by atoms with Crippen molar-refractivity contribution < 1.29 is 23.5 Å². The van der Waals surface area contributed by atoms with Crippen molar-refractivity contribution >= 4 is 17.6 Å². The van der Waals surface area contributed by atoms with E-state index in [0.29, 0.717) is 22.6 Å². The fourth-order valence-corrected chi connectivity index (χ4v) is 2.69. The summed E-state index contributed by atoms with van der Waals surface area (Å²) in [4.78, 5) is 30.8. The second kappa shape index (κ2) is 8.42. The molecule has 1 amide bonds. The van der Waals surface area contributed by atoms with Crippen LogP contribution >= 0.6 is 0 Å². The summed E-state index contributed by atoms with van der Waals surface area (Å²) < 4.78 is 26.7. The van der Waals surface area contributed by atoms with Gasteiger partial charge in [-0.1, -0.05) is 0 Å². The average Bonchev–Trinajstić information content (AvgIpc) is 2.66. The largest absolute Gasteiger partial charge is 0.478 e. The van der Waals surface area contributed by atoms with Gasteiger partial charge >= 0.3 is 5.97 Å². The van der Waals surface area contributed by atoms with Crippen molar-refractivity contribution in [3.05, 3.63) is 88.5 Å². The number of hydrogen-bond donors (Lipinski definition) is 3. The second-order valence-electron chi connectivity index (χ2n) is 6.24. The van der Waals surface area contributed by atoms with Gasteiger partial charge in [0.1, 0.15) is 11.6 Å². The number of carboxylic acids is 1. The van der Waals surface area contributed by atoms with Crippen molar-refractivity contribution in [1.82, 2.24) is 9.97 Å². The lowest BCUT2D eigenvalue weighted by atomic mass is 10.1. The molecule has 0 radical (unpaired) electrons. The van der Waals surface area contributed by atoms with Gasteiger partial charge in [0.05, 0.1) is 16.8 Å². The SMILES string of the molecule is NC(=O)c1cnc(Cc2ccc(C(=O)O)cn2)cc1NCc1cc(F)cc(F)c1. The number of aromatic nitrogens is 2. The third-order valence-corrected chi connectivity index (χ3v) is 4.07. The molecular weight excluding hydrogens is 382 g/mol. The first-order valence-corrected chi connectivity index (χ1v) is 8.47. The van der Waals surface area contributed by atoms with Crippen LogP contribution in [0.4, 0.5) is 14.5 Å². The van der Waals surface area contributed by atoms with Crippen molar-refractivity contribution in [2.75, 3.05) is 5.32 Å². The van der Waals surface area contributed by atoms with Crippen LogP contribution in [0.3, 0.4) is 0 Å². The summed E-state index contributed by atoms with van der Waals surface area (Å²) in [6.07, 6.45) is 2.83. The monoisotopic (exact) mass is 398 g/mol. The number of nitrogens with two attached hydrogens (primary N) is 1. The van der Waals surface area contributed by atoms with Crippen molar-refractivity contribution in [2.45, 2.75) is 13.0 Å². The highest BCUT2D eigenvalue weighted by Gasteiger charge is 2.12. The Labute approximate surface area is 164 Å². The topological polar surface area (TPSA) is 118 Å². The Morgan fingerprint density at radius 3 is 2.28 bits per heavy atom. The molecule has 29 heavy (non-hydrogen) atoms. The number of nitrogens with zero attached hydrogens (tertiary/aromatic N) is 2. The van der Waals surface area contributed by atoms with Gasteiger partial charge in [-0.2, -0.15) is 0 Å². The van der Waals surface area contributed by atoms with Gasteiger partial charge in [0.25, 0.3) is 5.91 Å².